The third kappa shape index (κ3) is 5.80. The minimum atomic E-state index is -1.09. The van der Waals surface area contributed by atoms with Crippen LogP contribution in [-0.2, 0) is 42.9 Å². The summed E-state index contributed by atoms with van der Waals surface area (Å²) in [6.45, 7) is 6.17. The van der Waals surface area contributed by atoms with Gasteiger partial charge in [0.15, 0.2) is 18.3 Å². The van der Waals surface area contributed by atoms with Crippen LogP contribution < -0.4 is 0 Å². The normalized spacial score (nSPS) is 29.3. The van der Waals surface area contributed by atoms with Gasteiger partial charge >= 0.3 is 23.9 Å². The van der Waals surface area contributed by atoms with Gasteiger partial charge in [0.25, 0.3) is 0 Å². The summed E-state index contributed by atoms with van der Waals surface area (Å²) in [6, 6.07) is 0. The van der Waals surface area contributed by atoms with E-state index < -0.39 is 54.4 Å². The van der Waals surface area contributed by atoms with E-state index in [9.17, 15) is 19.2 Å². The topological polar surface area (TPSA) is 114 Å². The fourth-order valence-electron chi connectivity index (χ4n) is 2.44. The Morgan fingerprint density at radius 3 is 1.67 bits per heavy atom. The Morgan fingerprint density at radius 1 is 0.750 bits per heavy atom. The van der Waals surface area contributed by atoms with Crippen molar-refractivity contribution in [1.82, 2.24) is 0 Å². The van der Waals surface area contributed by atoms with Crippen molar-refractivity contribution in [2.75, 3.05) is 6.61 Å². The highest BCUT2D eigenvalue weighted by Gasteiger charge is 2.50. The fraction of sp³-hybridized carbons (Fsp3) is 0.733. The Morgan fingerprint density at radius 2 is 1.21 bits per heavy atom. The van der Waals surface area contributed by atoms with Crippen LogP contribution in [0.1, 0.15) is 34.6 Å². The molecule has 1 aliphatic rings. The maximum absolute atomic E-state index is 11.4. The van der Waals surface area contributed by atoms with Gasteiger partial charge in [0.05, 0.1) is 6.10 Å². The number of ether oxygens (including phenoxy) is 5. The van der Waals surface area contributed by atoms with Gasteiger partial charge in [0.2, 0.25) is 0 Å². The highest BCUT2D eigenvalue weighted by atomic mass is 16.7. The minimum absolute atomic E-state index is 0.206. The van der Waals surface area contributed by atoms with Crippen LogP contribution >= 0.6 is 0 Å². The van der Waals surface area contributed by atoms with E-state index >= 15 is 0 Å². The molecule has 1 fully saturated rings. The molecular weight excluding hydrogens is 324 g/mol. The van der Waals surface area contributed by atoms with Gasteiger partial charge in [-0.05, 0) is 6.92 Å². The standard InChI is InChI=1S/C15H22O9/c1-7-13(22-9(3)17)15(24-11(5)19)14(23-10(4)18)12(21-7)6-20-8(2)16/h7,12-15H,6H2,1-5H3/t7-,12-,13+,14-,15-/m1/s1. The Bertz CT molecular complexity index is 501. The Hall–Kier alpha value is -2.16. The SMILES string of the molecule is CC(=O)OC[C@H]1O[C@H](C)[C@H](OC(C)=O)[C@@H](OC(C)=O)[C@@H]1OC(C)=O. The highest BCUT2D eigenvalue weighted by molar-refractivity contribution is 5.68. The molecule has 0 spiro atoms. The molecule has 24 heavy (non-hydrogen) atoms. The van der Waals surface area contributed by atoms with Crippen LogP contribution in [0.25, 0.3) is 0 Å². The lowest BCUT2D eigenvalue weighted by atomic mass is 9.95. The van der Waals surface area contributed by atoms with E-state index in [1.54, 1.807) is 6.92 Å². The van der Waals surface area contributed by atoms with Crippen molar-refractivity contribution >= 4 is 23.9 Å². The summed E-state index contributed by atoms with van der Waals surface area (Å²) in [7, 11) is 0. The molecule has 136 valence electrons. The summed E-state index contributed by atoms with van der Waals surface area (Å²) >= 11 is 0. The van der Waals surface area contributed by atoms with E-state index in [4.69, 9.17) is 23.7 Å². The van der Waals surface area contributed by atoms with Crippen molar-refractivity contribution in [2.45, 2.75) is 65.1 Å². The molecule has 0 aliphatic carbocycles. The van der Waals surface area contributed by atoms with Gasteiger partial charge in [-0.3, -0.25) is 19.2 Å². The summed E-state index contributed by atoms with van der Waals surface area (Å²) in [5, 5.41) is 0. The van der Waals surface area contributed by atoms with Gasteiger partial charge in [0, 0.05) is 27.7 Å². The van der Waals surface area contributed by atoms with Gasteiger partial charge in [0.1, 0.15) is 12.7 Å². The monoisotopic (exact) mass is 346 g/mol. The molecule has 1 aliphatic heterocycles. The van der Waals surface area contributed by atoms with Crippen LogP contribution in [0.15, 0.2) is 0 Å². The van der Waals surface area contributed by atoms with E-state index in [-0.39, 0.29) is 6.61 Å². The van der Waals surface area contributed by atoms with E-state index in [2.05, 4.69) is 0 Å². The van der Waals surface area contributed by atoms with Gasteiger partial charge in [-0.2, -0.15) is 0 Å². The molecule has 0 amide bonds. The summed E-state index contributed by atoms with van der Waals surface area (Å²) in [6.07, 6.45) is -4.69. The quantitative estimate of drug-likeness (QED) is 0.506. The summed E-state index contributed by atoms with van der Waals surface area (Å²) in [5.41, 5.74) is 0. The average molecular weight is 346 g/mol. The molecule has 0 saturated carbocycles. The Kier molecular flexibility index (Phi) is 7.15. The van der Waals surface area contributed by atoms with Gasteiger partial charge < -0.3 is 23.7 Å². The zero-order chi connectivity index (χ0) is 18.4. The number of hydrogen-bond acceptors (Lipinski definition) is 9. The number of rotatable bonds is 5. The lowest BCUT2D eigenvalue weighted by Gasteiger charge is -2.43. The molecular formula is C15H22O9. The maximum atomic E-state index is 11.4. The predicted octanol–water partition coefficient (Wildman–Crippen LogP) is 0.132. The molecule has 0 unspecified atom stereocenters. The van der Waals surface area contributed by atoms with Crippen molar-refractivity contribution in [2.24, 2.45) is 0 Å². The van der Waals surface area contributed by atoms with Crippen molar-refractivity contribution in [3.05, 3.63) is 0 Å². The third-order valence-electron chi connectivity index (χ3n) is 3.22. The van der Waals surface area contributed by atoms with Crippen molar-refractivity contribution < 1.29 is 42.9 Å². The van der Waals surface area contributed by atoms with Gasteiger partial charge in [-0.15, -0.1) is 0 Å². The highest BCUT2D eigenvalue weighted by Crippen LogP contribution is 2.28. The molecule has 1 saturated heterocycles. The summed E-state index contributed by atoms with van der Waals surface area (Å²) in [5.74, 6) is -2.44. The molecule has 5 atom stereocenters. The first kappa shape index (κ1) is 19.9. The van der Waals surface area contributed by atoms with Crippen LogP contribution in [-0.4, -0.2) is 61.0 Å². The summed E-state index contributed by atoms with van der Waals surface area (Å²) in [4.78, 5) is 45.2. The second-order valence-electron chi connectivity index (χ2n) is 5.40. The second-order valence-corrected chi connectivity index (χ2v) is 5.40. The molecule has 0 N–H and O–H groups in total. The minimum Gasteiger partial charge on any atom is -0.463 e. The number of carbonyl (C=O) groups is 4. The molecule has 9 nitrogen and oxygen atoms in total. The molecule has 1 rings (SSSR count). The number of esters is 4. The first-order chi connectivity index (χ1) is 11.1. The van der Waals surface area contributed by atoms with Crippen LogP contribution in [0.3, 0.4) is 0 Å². The van der Waals surface area contributed by atoms with Crippen molar-refractivity contribution in [1.29, 1.82) is 0 Å². The van der Waals surface area contributed by atoms with E-state index in [0.29, 0.717) is 0 Å². The number of carbonyl (C=O) groups excluding carboxylic acids is 4. The Balaban J connectivity index is 3.11. The van der Waals surface area contributed by atoms with E-state index in [1.807, 2.05) is 0 Å². The first-order valence-corrected chi connectivity index (χ1v) is 7.42. The van der Waals surface area contributed by atoms with Crippen molar-refractivity contribution in [3.8, 4) is 0 Å². The summed E-state index contributed by atoms with van der Waals surface area (Å²) < 4.78 is 26.1. The lowest BCUT2D eigenvalue weighted by molar-refractivity contribution is -0.249. The fourth-order valence-corrected chi connectivity index (χ4v) is 2.44. The Labute approximate surface area is 139 Å². The molecule has 9 heteroatoms. The molecule has 0 aromatic carbocycles. The largest absolute Gasteiger partial charge is 0.463 e. The molecule has 0 aromatic rings. The second kappa shape index (κ2) is 8.62. The van der Waals surface area contributed by atoms with Crippen LogP contribution in [0.4, 0.5) is 0 Å². The van der Waals surface area contributed by atoms with Crippen LogP contribution in [0.5, 0.6) is 0 Å². The maximum Gasteiger partial charge on any atom is 0.303 e. The molecule has 0 aromatic heterocycles. The van der Waals surface area contributed by atoms with Crippen LogP contribution in [0.2, 0.25) is 0 Å². The molecule has 0 bridgehead atoms. The zero-order valence-electron chi connectivity index (χ0n) is 14.3. The van der Waals surface area contributed by atoms with Crippen LogP contribution in [0, 0.1) is 0 Å². The van der Waals surface area contributed by atoms with E-state index in [1.165, 1.54) is 27.7 Å². The molecule has 0 radical (unpaired) electrons. The number of hydrogen-bond donors (Lipinski definition) is 0. The van der Waals surface area contributed by atoms with Gasteiger partial charge in [-0.1, -0.05) is 0 Å². The first-order valence-electron chi connectivity index (χ1n) is 7.42. The lowest BCUT2D eigenvalue weighted by Crippen LogP contribution is -2.61. The smallest absolute Gasteiger partial charge is 0.303 e. The zero-order valence-corrected chi connectivity index (χ0v) is 14.3. The van der Waals surface area contributed by atoms with E-state index in [0.717, 1.165) is 0 Å². The third-order valence-corrected chi connectivity index (χ3v) is 3.22. The predicted molar refractivity (Wildman–Crippen MR) is 77.6 cm³/mol. The van der Waals surface area contributed by atoms with Crippen molar-refractivity contribution in [3.63, 3.8) is 0 Å². The average Bonchev–Trinajstić information content (AvgIpc) is 2.42. The van der Waals surface area contributed by atoms with Gasteiger partial charge in [-0.25, -0.2) is 0 Å². The molecule has 1 heterocycles.